The Morgan fingerprint density at radius 1 is 1.55 bits per heavy atom. The van der Waals surface area contributed by atoms with Crippen molar-refractivity contribution >= 4 is 17.5 Å². The number of pyridine rings is 1. The topological polar surface area (TPSA) is 106 Å². The lowest BCUT2D eigenvalue weighted by atomic mass is 10.1. The van der Waals surface area contributed by atoms with Crippen LogP contribution in [0.1, 0.15) is 23.2 Å². The van der Waals surface area contributed by atoms with Gasteiger partial charge < -0.3 is 15.4 Å². The molecule has 2 rings (SSSR count). The molecular weight excluding hydrogens is 264 g/mol. The predicted molar refractivity (Wildman–Crippen MR) is 71.7 cm³/mol. The van der Waals surface area contributed by atoms with Crippen LogP contribution in [0.5, 0.6) is 0 Å². The molecule has 1 aromatic rings. The van der Waals surface area contributed by atoms with E-state index in [-0.39, 0.29) is 23.1 Å². The minimum Gasteiger partial charge on any atom is -0.465 e. The summed E-state index contributed by atoms with van der Waals surface area (Å²) in [7, 11) is 1.22. The number of carbonyl (C=O) groups excluding carboxylic acids is 1. The molecule has 1 saturated heterocycles. The summed E-state index contributed by atoms with van der Waals surface area (Å²) in [6, 6.07) is 1.33. The maximum Gasteiger partial charge on any atom is 0.339 e. The van der Waals surface area contributed by atoms with Crippen molar-refractivity contribution in [1.29, 1.82) is 0 Å². The lowest BCUT2D eigenvalue weighted by molar-refractivity contribution is -0.384. The molecule has 0 atom stereocenters. The Balaban J connectivity index is 2.23. The number of ether oxygens (including phenoxy) is 1. The molecule has 2 heterocycles. The van der Waals surface area contributed by atoms with Gasteiger partial charge in [-0.3, -0.25) is 10.1 Å². The lowest BCUT2D eigenvalue weighted by Gasteiger charge is -2.23. The van der Waals surface area contributed by atoms with Gasteiger partial charge in [-0.05, 0) is 25.9 Å². The number of nitro groups is 1. The van der Waals surface area contributed by atoms with Crippen LogP contribution in [-0.4, -0.2) is 42.1 Å². The first kappa shape index (κ1) is 14.2. The van der Waals surface area contributed by atoms with Gasteiger partial charge in [0.1, 0.15) is 0 Å². The lowest BCUT2D eigenvalue weighted by Crippen LogP contribution is -2.35. The molecule has 0 aromatic carbocycles. The fourth-order valence-electron chi connectivity index (χ4n) is 2.09. The van der Waals surface area contributed by atoms with Crippen molar-refractivity contribution in [3.05, 3.63) is 27.9 Å². The van der Waals surface area contributed by atoms with E-state index in [1.807, 2.05) is 0 Å². The molecule has 1 aliphatic rings. The molecule has 1 aromatic heterocycles. The largest absolute Gasteiger partial charge is 0.465 e. The minimum absolute atomic E-state index is 0.0649. The van der Waals surface area contributed by atoms with Crippen molar-refractivity contribution in [2.24, 2.45) is 0 Å². The van der Waals surface area contributed by atoms with Gasteiger partial charge in [-0.2, -0.15) is 0 Å². The number of rotatable bonds is 4. The predicted octanol–water partition coefficient (Wildman–Crippen LogP) is 0.940. The van der Waals surface area contributed by atoms with Gasteiger partial charge in [0.05, 0.1) is 17.6 Å². The average Bonchev–Trinajstić information content (AvgIpc) is 2.47. The first-order valence-electron chi connectivity index (χ1n) is 6.32. The Kier molecular flexibility index (Phi) is 4.46. The fraction of sp³-hybridized carbons (Fsp3) is 0.500. The van der Waals surface area contributed by atoms with Crippen molar-refractivity contribution in [3.8, 4) is 0 Å². The minimum atomic E-state index is -0.644. The van der Waals surface area contributed by atoms with E-state index in [2.05, 4.69) is 20.4 Å². The van der Waals surface area contributed by atoms with E-state index >= 15 is 0 Å². The Bertz CT molecular complexity index is 514. The second-order valence-corrected chi connectivity index (χ2v) is 4.51. The van der Waals surface area contributed by atoms with Crippen molar-refractivity contribution in [2.45, 2.75) is 18.9 Å². The van der Waals surface area contributed by atoms with Crippen molar-refractivity contribution < 1.29 is 14.5 Å². The number of piperidine rings is 1. The fourth-order valence-corrected chi connectivity index (χ4v) is 2.09. The molecule has 2 N–H and O–H groups in total. The van der Waals surface area contributed by atoms with Crippen LogP contribution in [-0.2, 0) is 4.74 Å². The third-order valence-corrected chi connectivity index (χ3v) is 3.17. The number of hydrogen-bond acceptors (Lipinski definition) is 7. The summed E-state index contributed by atoms with van der Waals surface area (Å²) in [5, 5.41) is 17.4. The quantitative estimate of drug-likeness (QED) is 0.480. The molecule has 0 aliphatic carbocycles. The summed E-state index contributed by atoms with van der Waals surface area (Å²) in [4.78, 5) is 25.9. The van der Waals surface area contributed by atoms with Crippen LogP contribution >= 0.6 is 0 Å². The van der Waals surface area contributed by atoms with Gasteiger partial charge in [0.15, 0.2) is 0 Å². The molecule has 0 radical (unpaired) electrons. The monoisotopic (exact) mass is 280 g/mol. The van der Waals surface area contributed by atoms with E-state index < -0.39 is 10.9 Å². The molecule has 1 aliphatic heterocycles. The molecule has 108 valence electrons. The highest BCUT2D eigenvalue weighted by Gasteiger charge is 2.22. The summed E-state index contributed by atoms with van der Waals surface area (Å²) >= 11 is 0. The second kappa shape index (κ2) is 6.29. The summed E-state index contributed by atoms with van der Waals surface area (Å²) < 4.78 is 4.53. The number of aromatic nitrogens is 1. The zero-order chi connectivity index (χ0) is 14.5. The van der Waals surface area contributed by atoms with Crippen molar-refractivity contribution in [3.63, 3.8) is 0 Å². The van der Waals surface area contributed by atoms with Gasteiger partial charge in [-0.25, -0.2) is 9.78 Å². The summed E-state index contributed by atoms with van der Waals surface area (Å²) in [5.74, 6) is -0.455. The average molecular weight is 280 g/mol. The van der Waals surface area contributed by atoms with E-state index in [0.717, 1.165) is 25.9 Å². The number of carbonyl (C=O) groups is 1. The Labute approximate surface area is 115 Å². The molecule has 0 spiro atoms. The maximum atomic E-state index is 11.4. The number of hydrogen-bond donors (Lipinski definition) is 2. The Hall–Kier alpha value is -2.22. The summed E-state index contributed by atoms with van der Waals surface area (Å²) in [6.07, 6.45) is 3.03. The molecule has 1 fully saturated rings. The molecule has 0 unspecified atom stereocenters. The SMILES string of the molecule is COC(=O)c1cnc(NC2CCNCC2)c([N+](=O)[O-])c1. The molecule has 0 bridgehead atoms. The second-order valence-electron chi connectivity index (χ2n) is 4.51. The Morgan fingerprint density at radius 3 is 2.85 bits per heavy atom. The summed E-state index contributed by atoms with van der Waals surface area (Å²) in [5.41, 5.74) is -0.151. The van der Waals surface area contributed by atoms with Gasteiger partial charge in [0.2, 0.25) is 5.82 Å². The number of esters is 1. The number of nitrogens with zero attached hydrogens (tertiary/aromatic N) is 2. The van der Waals surface area contributed by atoms with Crippen LogP contribution < -0.4 is 10.6 Å². The first-order valence-corrected chi connectivity index (χ1v) is 6.32. The van der Waals surface area contributed by atoms with Crippen LogP contribution in [0.2, 0.25) is 0 Å². The van der Waals surface area contributed by atoms with Crippen LogP contribution in [0.15, 0.2) is 12.3 Å². The van der Waals surface area contributed by atoms with E-state index in [1.54, 1.807) is 0 Å². The molecule has 0 amide bonds. The first-order chi connectivity index (χ1) is 9.61. The van der Waals surface area contributed by atoms with Crippen molar-refractivity contribution in [2.75, 3.05) is 25.5 Å². The number of nitrogens with one attached hydrogen (secondary N) is 2. The zero-order valence-corrected chi connectivity index (χ0v) is 11.1. The van der Waals surface area contributed by atoms with Gasteiger partial charge >= 0.3 is 11.7 Å². The third-order valence-electron chi connectivity index (χ3n) is 3.17. The smallest absolute Gasteiger partial charge is 0.339 e. The highest BCUT2D eigenvalue weighted by Crippen LogP contribution is 2.25. The normalized spacial score (nSPS) is 15.7. The van der Waals surface area contributed by atoms with Gasteiger partial charge in [-0.1, -0.05) is 0 Å². The van der Waals surface area contributed by atoms with E-state index in [4.69, 9.17) is 0 Å². The maximum absolute atomic E-state index is 11.4. The molecular formula is C12H16N4O4. The third kappa shape index (κ3) is 3.21. The standard InChI is InChI=1S/C12H16N4O4/c1-20-12(17)8-6-10(16(18)19)11(14-7-8)15-9-2-4-13-5-3-9/h6-7,9,13H,2-5H2,1H3,(H,14,15). The number of anilines is 1. The van der Waals surface area contributed by atoms with Gasteiger partial charge in [0, 0.05) is 18.3 Å². The molecule has 20 heavy (non-hydrogen) atoms. The Morgan fingerprint density at radius 2 is 2.25 bits per heavy atom. The van der Waals surface area contributed by atoms with Crippen molar-refractivity contribution in [1.82, 2.24) is 10.3 Å². The van der Waals surface area contributed by atoms with E-state index in [9.17, 15) is 14.9 Å². The van der Waals surface area contributed by atoms with Gasteiger partial charge in [0.25, 0.3) is 0 Å². The molecule has 8 heteroatoms. The molecule has 8 nitrogen and oxygen atoms in total. The van der Waals surface area contributed by atoms with Crippen LogP contribution in [0.25, 0.3) is 0 Å². The number of methoxy groups -OCH3 is 1. The highest BCUT2D eigenvalue weighted by molar-refractivity contribution is 5.90. The van der Waals surface area contributed by atoms with Crippen LogP contribution in [0, 0.1) is 10.1 Å². The highest BCUT2D eigenvalue weighted by atomic mass is 16.6. The van der Waals surface area contributed by atoms with Crippen LogP contribution in [0.3, 0.4) is 0 Å². The molecule has 0 saturated carbocycles. The van der Waals surface area contributed by atoms with E-state index in [1.165, 1.54) is 19.4 Å². The van der Waals surface area contributed by atoms with Crippen LogP contribution in [0.4, 0.5) is 11.5 Å². The van der Waals surface area contributed by atoms with E-state index in [0.29, 0.717) is 0 Å². The van der Waals surface area contributed by atoms with Gasteiger partial charge in [-0.15, -0.1) is 0 Å². The summed E-state index contributed by atoms with van der Waals surface area (Å²) in [6.45, 7) is 1.73. The zero-order valence-electron chi connectivity index (χ0n) is 11.1.